The van der Waals surface area contributed by atoms with Crippen LogP contribution in [0.15, 0.2) is 12.2 Å². The van der Waals surface area contributed by atoms with Gasteiger partial charge in [0, 0.05) is 19.3 Å². The summed E-state index contributed by atoms with van der Waals surface area (Å²) in [5, 5.41) is 0. The Morgan fingerprint density at radius 1 is 0.413 bits per heavy atom. The molecule has 0 N–H and O–H groups in total. The van der Waals surface area contributed by atoms with Crippen molar-refractivity contribution in [1.29, 1.82) is 0 Å². The Kier molecular flexibility index (Phi) is 34.5. The highest BCUT2D eigenvalue weighted by Gasteiger charge is 2.19. The van der Waals surface area contributed by atoms with Gasteiger partial charge in [-0.25, -0.2) is 0 Å². The van der Waals surface area contributed by atoms with Gasteiger partial charge in [0.05, 0.1) is 0 Å². The normalized spacial score (nSPS) is 12.0. The van der Waals surface area contributed by atoms with Gasteiger partial charge < -0.3 is 14.2 Å². The summed E-state index contributed by atoms with van der Waals surface area (Å²) in [6.07, 6.45) is 35.0. The van der Waals surface area contributed by atoms with Crippen molar-refractivity contribution >= 4 is 17.9 Å². The Bertz CT molecular complexity index is 719. The predicted octanol–water partition coefficient (Wildman–Crippen LogP) is 11.9. The third-order valence-corrected chi connectivity index (χ3v) is 8.50. The van der Waals surface area contributed by atoms with Crippen LogP contribution in [0.1, 0.15) is 207 Å². The smallest absolute Gasteiger partial charge is 0.306 e. The van der Waals surface area contributed by atoms with Crippen LogP contribution in [0.4, 0.5) is 0 Å². The van der Waals surface area contributed by atoms with Crippen molar-refractivity contribution in [3.63, 3.8) is 0 Å². The zero-order chi connectivity index (χ0) is 33.8. The molecule has 0 rings (SSSR count). The second kappa shape index (κ2) is 36.0. The Hall–Kier alpha value is -1.85. The van der Waals surface area contributed by atoms with Crippen LogP contribution in [0.3, 0.4) is 0 Å². The standard InChI is InChI=1S/C40H74O6/c1-4-7-10-13-16-18-20-21-23-24-27-30-33-39(42)45-36-37(35-44-38(41)32-29-26-15-12-9-6-3)46-40(43)34-31-28-25-22-19-17-14-11-8-5-2/h11,14,37H,4-10,12-13,15-36H2,1-3H3/b14-11-. The first-order valence-corrected chi connectivity index (χ1v) is 19.7. The lowest BCUT2D eigenvalue weighted by Gasteiger charge is -2.18. The van der Waals surface area contributed by atoms with E-state index < -0.39 is 6.10 Å². The molecule has 0 spiro atoms. The summed E-state index contributed by atoms with van der Waals surface area (Å²) >= 11 is 0. The number of hydrogen-bond acceptors (Lipinski definition) is 6. The van der Waals surface area contributed by atoms with E-state index in [1.807, 2.05) is 0 Å². The van der Waals surface area contributed by atoms with Crippen LogP contribution in [-0.2, 0) is 28.6 Å². The lowest BCUT2D eigenvalue weighted by atomic mass is 10.0. The quantitative estimate of drug-likeness (QED) is 0.0294. The topological polar surface area (TPSA) is 78.9 Å². The van der Waals surface area contributed by atoms with Gasteiger partial charge in [0.15, 0.2) is 6.10 Å². The molecule has 270 valence electrons. The molecule has 1 unspecified atom stereocenters. The van der Waals surface area contributed by atoms with E-state index in [1.54, 1.807) is 0 Å². The number of allylic oxidation sites excluding steroid dienone is 2. The van der Waals surface area contributed by atoms with Gasteiger partial charge in [0.2, 0.25) is 0 Å². The summed E-state index contributed by atoms with van der Waals surface area (Å²) in [6.45, 7) is 6.49. The number of hydrogen-bond donors (Lipinski definition) is 0. The van der Waals surface area contributed by atoms with Crippen LogP contribution in [0, 0.1) is 0 Å². The molecule has 0 aromatic carbocycles. The minimum atomic E-state index is -0.762. The van der Waals surface area contributed by atoms with E-state index in [9.17, 15) is 14.4 Å². The van der Waals surface area contributed by atoms with E-state index in [-0.39, 0.29) is 31.1 Å². The average molecular weight is 651 g/mol. The zero-order valence-electron chi connectivity index (χ0n) is 30.6. The second-order valence-electron chi connectivity index (χ2n) is 13.2. The molecule has 0 amide bonds. The molecule has 0 saturated heterocycles. The number of unbranched alkanes of at least 4 members (excludes halogenated alkanes) is 22. The molecule has 1 atom stereocenters. The van der Waals surface area contributed by atoms with Gasteiger partial charge >= 0.3 is 17.9 Å². The molecule has 0 saturated carbocycles. The Balaban J connectivity index is 4.30. The third-order valence-electron chi connectivity index (χ3n) is 8.50. The fourth-order valence-corrected chi connectivity index (χ4v) is 5.50. The third kappa shape index (κ3) is 33.5. The summed E-state index contributed by atoms with van der Waals surface area (Å²) in [5.41, 5.74) is 0. The zero-order valence-corrected chi connectivity index (χ0v) is 30.6. The predicted molar refractivity (Wildman–Crippen MR) is 192 cm³/mol. The molecule has 0 aromatic heterocycles. The number of ether oxygens (including phenoxy) is 3. The van der Waals surface area contributed by atoms with Gasteiger partial charge in [-0.2, -0.15) is 0 Å². The van der Waals surface area contributed by atoms with Crippen LogP contribution in [-0.4, -0.2) is 37.2 Å². The van der Waals surface area contributed by atoms with Crippen LogP contribution in [0.25, 0.3) is 0 Å². The van der Waals surface area contributed by atoms with Gasteiger partial charge in [-0.05, 0) is 38.5 Å². The van der Waals surface area contributed by atoms with E-state index in [0.717, 1.165) is 77.0 Å². The molecule has 46 heavy (non-hydrogen) atoms. The molecule has 6 heteroatoms. The minimum absolute atomic E-state index is 0.0708. The summed E-state index contributed by atoms with van der Waals surface area (Å²) in [4.78, 5) is 37.3. The molecule has 0 aliphatic rings. The SMILES string of the molecule is CCC/C=C\CCCCCCCC(=O)OC(COC(=O)CCCCCCCC)COC(=O)CCCCCCCCCCCCCC. The molecule has 0 aliphatic heterocycles. The number of esters is 3. The van der Waals surface area contributed by atoms with Gasteiger partial charge in [0.1, 0.15) is 13.2 Å². The first-order chi connectivity index (χ1) is 22.5. The molecule has 0 radical (unpaired) electrons. The monoisotopic (exact) mass is 651 g/mol. The summed E-state index contributed by atoms with van der Waals surface area (Å²) in [6, 6.07) is 0. The van der Waals surface area contributed by atoms with Crippen molar-refractivity contribution in [1.82, 2.24) is 0 Å². The number of carbonyl (C=O) groups excluding carboxylic acids is 3. The largest absolute Gasteiger partial charge is 0.462 e. The molecule has 0 aliphatic carbocycles. The van der Waals surface area contributed by atoms with Crippen LogP contribution < -0.4 is 0 Å². The molecule has 0 bridgehead atoms. The van der Waals surface area contributed by atoms with Crippen LogP contribution in [0.5, 0.6) is 0 Å². The van der Waals surface area contributed by atoms with E-state index in [2.05, 4.69) is 32.9 Å². The maximum absolute atomic E-state index is 12.6. The molecular formula is C40H74O6. The molecule has 0 heterocycles. The van der Waals surface area contributed by atoms with E-state index in [4.69, 9.17) is 14.2 Å². The van der Waals surface area contributed by atoms with E-state index in [1.165, 1.54) is 89.9 Å². The molecule has 0 aromatic rings. The maximum atomic E-state index is 12.6. The first-order valence-electron chi connectivity index (χ1n) is 19.7. The van der Waals surface area contributed by atoms with Gasteiger partial charge in [-0.1, -0.05) is 161 Å². The van der Waals surface area contributed by atoms with Gasteiger partial charge in [-0.15, -0.1) is 0 Å². The first kappa shape index (κ1) is 44.1. The van der Waals surface area contributed by atoms with Crippen molar-refractivity contribution in [2.24, 2.45) is 0 Å². The molecule has 6 nitrogen and oxygen atoms in total. The highest BCUT2D eigenvalue weighted by molar-refractivity contribution is 5.71. The lowest BCUT2D eigenvalue weighted by molar-refractivity contribution is -0.167. The minimum Gasteiger partial charge on any atom is -0.462 e. The second-order valence-corrected chi connectivity index (χ2v) is 13.2. The van der Waals surface area contributed by atoms with E-state index in [0.29, 0.717) is 19.3 Å². The maximum Gasteiger partial charge on any atom is 0.306 e. The Labute approximate surface area is 284 Å². The summed E-state index contributed by atoms with van der Waals surface area (Å²) in [5.74, 6) is -0.892. The molecular weight excluding hydrogens is 576 g/mol. The fraction of sp³-hybridized carbons (Fsp3) is 0.875. The fourth-order valence-electron chi connectivity index (χ4n) is 5.50. The van der Waals surface area contributed by atoms with E-state index >= 15 is 0 Å². The van der Waals surface area contributed by atoms with Gasteiger partial charge in [0.25, 0.3) is 0 Å². The van der Waals surface area contributed by atoms with Crippen molar-refractivity contribution in [2.75, 3.05) is 13.2 Å². The van der Waals surface area contributed by atoms with Crippen molar-refractivity contribution < 1.29 is 28.6 Å². The summed E-state index contributed by atoms with van der Waals surface area (Å²) < 4.78 is 16.5. The van der Waals surface area contributed by atoms with Crippen molar-refractivity contribution in [3.8, 4) is 0 Å². The summed E-state index contributed by atoms with van der Waals surface area (Å²) in [7, 11) is 0. The highest BCUT2D eigenvalue weighted by atomic mass is 16.6. The van der Waals surface area contributed by atoms with Crippen LogP contribution in [0.2, 0.25) is 0 Å². The Morgan fingerprint density at radius 2 is 0.761 bits per heavy atom. The Morgan fingerprint density at radius 3 is 1.17 bits per heavy atom. The number of carbonyl (C=O) groups is 3. The number of rotatable bonds is 35. The molecule has 0 fully saturated rings. The highest BCUT2D eigenvalue weighted by Crippen LogP contribution is 2.14. The average Bonchev–Trinajstić information content (AvgIpc) is 3.05. The van der Waals surface area contributed by atoms with Crippen molar-refractivity contribution in [2.45, 2.75) is 213 Å². The van der Waals surface area contributed by atoms with Gasteiger partial charge in [-0.3, -0.25) is 14.4 Å². The van der Waals surface area contributed by atoms with Crippen LogP contribution >= 0.6 is 0 Å². The lowest BCUT2D eigenvalue weighted by Crippen LogP contribution is -2.30. The van der Waals surface area contributed by atoms with Crippen molar-refractivity contribution in [3.05, 3.63) is 12.2 Å².